The van der Waals surface area contributed by atoms with Crippen LogP contribution in [0, 0.1) is 5.92 Å². The summed E-state index contributed by atoms with van der Waals surface area (Å²) in [5, 5.41) is 22.4. The zero-order valence-corrected chi connectivity index (χ0v) is 11.0. The van der Waals surface area contributed by atoms with E-state index in [0.717, 1.165) is 0 Å². The molecule has 0 aromatic rings. The number of carboxylic acids is 1. The van der Waals surface area contributed by atoms with E-state index in [0.29, 0.717) is 13.2 Å². The molecule has 0 spiro atoms. The number of nitrogens with one attached hydrogen (secondary N) is 2. The summed E-state index contributed by atoms with van der Waals surface area (Å²) in [7, 11) is 0. The maximum absolute atomic E-state index is 11.5. The number of carboxylic acid groups (broad SMARTS) is 1. The van der Waals surface area contributed by atoms with Crippen molar-refractivity contribution in [2.75, 3.05) is 19.8 Å². The zero-order valence-electron chi connectivity index (χ0n) is 11.0. The third kappa shape index (κ3) is 7.08. The van der Waals surface area contributed by atoms with Crippen LogP contribution >= 0.6 is 0 Å². The predicted molar refractivity (Wildman–Crippen MR) is 65.3 cm³/mol. The van der Waals surface area contributed by atoms with Crippen molar-refractivity contribution in [2.45, 2.75) is 32.9 Å². The molecular weight excluding hydrogens is 240 g/mol. The van der Waals surface area contributed by atoms with Gasteiger partial charge in [-0.1, -0.05) is 13.8 Å². The number of aliphatic carboxylic acids is 1. The minimum absolute atomic E-state index is 0.160. The normalized spacial score (nSPS) is 14.1. The lowest BCUT2D eigenvalue weighted by Gasteiger charge is -2.22. The Morgan fingerprint density at radius 3 is 2.39 bits per heavy atom. The highest BCUT2D eigenvalue weighted by Gasteiger charge is 2.18. The van der Waals surface area contributed by atoms with Gasteiger partial charge in [-0.3, -0.25) is 0 Å². The quantitative estimate of drug-likeness (QED) is 0.484. The van der Waals surface area contributed by atoms with Crippen molar-refractivity contribution >= 4 is 12.0 Å². The average Bonchev–Trinajstić information content (AvgIpc) is 2.30. The Morgan fingerprint density at radius 1 is 1.33 bits per heavy atom. The van der Waals surface area contributed by atoms with Gasteiger partial charge >= 0.3 is 12.0 Å². The minimum Gasteiger partial charge on any atom is -0.479 e. The summed E-state index contributed by atoms with van der Waals surface area (Å²) in [6, 6.07) is -0.680. The Morgan fingerprint density at radius 2 is 1.94 bits per heavy atom. The number of carbonyl (C=O) groups excluding carboxylic acids is 1. The Labute approximate surface area is 107 Å². The highest BCUT2D eigenvalue weighted by Crippen LogP contribution is 2.02. The van der Waals surface area contributed by atoms with Crippen molar-refractivity contribution in [3.05, 3.63) is 0 Å². The maximum Gasteiger partial charge on any atom is 0.334 e. The first kappa shape index (κ1) is 16.7. The van der Waals surface area contributed by atoms with E-state index >= 15 is 0 Å². The summed E-state index contributed by atoms with van der Waals surface area (Å²) in [6.07, 6.45) is -1.60. The van der Waals surface area contributed by atoms with Crippen LogP contribution in [0.3, 0.4) is 0 Å². The monoisotopic (exact) mass is 262 g/mol. The topological polar surface area (TPSA) is 108 Å². The van der Waals surface area contributed by atoms with Gasteiger partial charge in [0.2, 0.25) is 0 Å². The summed E-state index contributed by atoms with van der Waals surface area (Å²) in [6.45, 7) is 6.36. The zero-order chi connectivity index (χ0) is 14.1. The van der Waals surface area contributed by atoms with Crippen molar-refractivity contribution in [3.8, 4) is 0 Å². The van der Waals surface area contributed by atoms with Crippen LogP contribution in [0.15, 0.2) is 0 Å². The molecule has 0 heterocycles. The van der Waals surface area contributed by atoms with Crippen LogP contribution in [-0.2, 0) is 9.53 Å². The van der Waals surface area contributed by atoms with E-state index in [-0.39, 0.29) is 18.5 Å². The largest absolute Gasteiger partial charge is 0.479 e. The molecule has 0 radical (unpaired) electrons. The Kier molecular flexibility index (Phi) is 8.06. The number of amides is 2. The van der Waals surface area contributed by atoms with E-state index in [2.05, 4.69) is 10.6 Å². The fourth-order valence-electron chi connectivity index (χ4n) is 1.14. The van der Waals surface area contributed by atoms with E-state index in [1.165, 1.54) is 0 Å². The molecule has 0 aromatic heterocycles. The van der Waals surface area contributed by atoms with Crippen molar-refractivity contribution < 1.29 is 24.5 Å². The molecule has 0 fully saturated rings. The summed E-state index contributed by atoms with van der Waals surface area (Å²) in [5.41, 5.74) is 0. The highest BCUT2D eigenvalue weighted by molar-refractivity contribution is 5.76. The van der Waals surface area contributed by atoms with Gasteiger partial charge in [0.15, 0.2) is 6.10 Å². The molecule has 4 N–H and O–H groups in total. The standard InChI is InChI=1S/C11H22N2O5/c1-4-18-6-8(7(2)3)13-11(17)12-5-9(14)10(15)16/h7-9,14H,4-6H2,1-3H3,(H,15,16)(H2,12,13,17). The maximum atomic E-state index is 11.5. The molecule has 0 aliphatic rings. The fourth-order valence-corrected chi connectivity index (χ4v) is 1.14. The number of aliphatic hydroxyl groups is 1. The molecule has 2 unspecified atom stereocenters. The first-order valence-corrected chi connectivity index (χ1v) is 5.91. The van der Waals surface area contributed by atoms with Gasteiger partial charge < -0.3 is 25.6 Å². The molecule has 0 aliphatic carbocycles. The van der Waals surface area contributed by atoms with Crippen LogP contribution in [0.2, 0.25) is 0 Å². The van der Waals surface area contributed by atoms with Gasteiger partial charge in [-0.25, -0.2) is 9.59 Å². The second-order valence-corrected chi connectivity index (χ2v) is 4.22. The van der Waals surface area contributed by atoms with Gasteiger partial charge in [0.05, 0.1) is 19.2 Å². The third-order valence-corrected chi connectivity index (χ3v) is 2.36. The first-order chi connectivity index (χ1) is 8.38. The molecule has 0 saturated heterocycles. The van der Waals surface area contributed by atoms with Crippen molar-refractivity contribution in [3.63, 3.8) is 0 Å². The second kappa shape index (κ2) is 8.71. The lowest BCUT2D eigenvalue weighted by molar-refractivity contribution is -0.146. The van der Waals surface area contributed by atoms with Crippen LogP contribution in [0.5, 0.6) is 0 Å². The van der Waals surface area contributed by atoms with Gasteiger partial charge in [-0.15, -0.1) is 0 Å². The van der Waals surface area contributed by atoms with E-state index in [4.69, 9.17) is 14.9 Å². The Hall–Kier alpha value is -1.34. The van der Waals surface area contributed by atoms with Crippen molar-refractivity contribution in [2.24, 2.45) is 5.92 Å². The van der Waals surface area contributed by atoms with Crippen LogP contribution in [0.4, 0.5) is 4.79 Å². The second-order valence-electron chi connectivity index (χ2n) is 4.22. The van der Waals surface area contributed by atoms with Crippen LogP contribution < -0.4 is 10.6 Å². The molecule has 0 bridgehead atoms. The first-order valence-electron chi connectivity index (χ1n) is 5.91. The Balaban J connectivity index is 4.05. The molecule has 7 heteroatoms. The molecule has 18 heavy (non-hydrogen) atoms. The van der Waals surface area contributed by atoms with Gasteiger partial charge in [-0.05, 0) is 12.8 Å². The molecular formula is C11H22N2O5. The van der Waals surface area contributed by atoms with Gasteiger partial charge in [0.1, 0.15) is 0 Å². The molecule has 106 valence electrons. The predicted octanol–water partition coefficient (Wildman–Crippen LogP) is -0.208. The molecule has 2 atom stereocenters. The number of carbonyl (C=O) groups is 2. The molecule has 7 nitrogen and oxygen atoms in total. The van der Waals surface area contributed by atoms with E-state index in [1.807, 2.05) is 20.8 Å². The summed E-state index contributed by atoms with van der Waals surface area (Å²) in [5.74, 6) is -1.18. The lowest BCUT2D eigenvalue weighted by atomic mass is 10.1. The SMILES string of the molecule is CCOCC(NC(=O)NCC(O)C(=O)O)C(C)C. The lowest BCUT2D eigenvalue weighted by Crippen LogP contribution is -2.49. The number of ether oxygens (including phenoxy) is 1. The van der Waals surface area contributed by atoms with Crippen LogP contribution in [0.25, 0.3) is 0 Å². The van der Waals surface area contributed by atoms with Gasteiger partial charge in [0, 0.05) is 6.61 Å². The van der Waals surface area contributed by atoms with E-state index in [9.17, 15) is 9.59 Å². The summed E-state index contributed by atoms with van der Waals surface area (Å²) >= 11 is 0. The number of hydrogen-bond donors (Lipinski definition) is 4. The van der Waals surface area contributed by atoms with Crippen LogP contribution in [-0.4, -0.2) is 54.1 Å². The van der Waals surface area contributed by atoms with E-state index in [1.54, 1.807) is 0 Å². The number of aliphatic hydroxyl groups excluding tert-OH is 1. The molecule has 0 aliphatic heterocycles. The summed E-state index contributed by atoms with van der Waals surface area (Å²) in [4.78, 5) is 21.8. The van der Waals surface area contributed by atoms with Gasteiger partial charge in [-0.2, -0.15) is 0 Å². The molecule has 2 amide bonds. The third-order valence-electron chi connectivity index (χ3n) is 2.36. The van der Waals surface area contributed by atoms with Gasteiger partial charge in [0.25, 0.3) is 0 Å². The molecule has 0 saturated carbocycles. The molecule has 0 aromatic carbocycles. The Bertz CT molecular complexity index is 270. The number of urea groups is 1. The van der Waals surface area contributed by atoms with Crippen molar-refractivity contribution in [1.29, 1.82) is 0 Å². The number of hydrogen-bond acceptors (Lipinski definition) is 4. The van der Waals surface area contributed by atoms with Crippen LogP contribution in [0.1, 0.15) is 20.8 Å². The smallest absolute Gasteiger partial charge is 0.334 e. The summed E-state index contributed by atoms with van der Waals surface area (Å²) < 4.78 is 5.24. The molecule has 0 rings (SSSR count). The van der Waals surface area contributed by atoms with E-state index < -0.39 is 18.1 Å². The average molecular weight is 262 g/mol. The number of rotatable bonds is 8. The minimum atomic E-state index is -1.60. The van der Waals surface area contributed by atoms with Crippen molar-refractivity contribution in [1.82, 2.24) is 10.6 Å². The highest BCUT2D eigenvalue weighted by atomic mass is 16.5. The fraction of sp³-hybridized carbons (Fsp3) is 0.818.